The molecule has 10 heteroatoms. The van der Waals surface area contributed by atoms with Crippen LogP contribution < -0.4 is 20.9 Å². The van der Waals surface area contributed by atoms with E-state index in [0.717, 1.165) is 67.1 Å². The second kappa shape index (κ2) is 16.8. The molecular formula is C34H40BrN3O6. The van der Waals surface area contributed by atoms with Gasteiger partial charge in [-0.2, -0.15) is 0 Å². The van der Waals surface area contributed by atoms with Gasteiger partial charge >= 0.3 is 6.09 Å². The van der Waals surface area contributed by atoms with Crippen LogP contribution in [0.25, 0.3) is 10.9 Å². The van der Waals surface area contributed by atoms with E-state index in [9.17, 15) is 24.9 Å². The average Bonchev–Trinajstić information content (AvgIpc) is 3.00. The number of aliphatic hydroxyl groups is 1. The van der Waals surface area contributed by atoms with Crippen LogP contribution in [0.15, 0.2) is 82.1 Å². The lowest BCUT2D eigenvalue weighted by molar-refractivity contribution is 0.176. The summed E-state index contributed by atoms with van der Waals surface area (Å²) in [6, 6.07) is 20.9. The van der Waals surface area contributed by atoms with Gasteiger partial charge in [0.05, 0.1) is 24.3 Å². The predicted molar refractivity (Wildman–Crippen MR) is 175 cm³/mol. The molecule has 0 spiro atoms. The molecule has 1 heterocycles. The average molecular weight is 667 g/mol. The number of nitrogens with one attached hydrogen (secondary N) is 3. The van der Waals surface area contributed by atoms with Gasteiger partial charge in [-0.15, -0.1) is 0 Å². The normalized spacial score (nSPS) is 12.6. The van der Waals surface area contributed by atoms with Crippen LogP contribution in [-0.2, 0) is 0 Å². The van der Waals surface area contributed by atoms with Crippen molar-refractivity contribution in [3.8, 4) is 11.5 Å². The standard InChI is InChI=1S/C34H40BrN3O6/c35-25-19-24(32(38-34(42)43)23-11-7-6-8-12-23)20-26(21-25)44-18-10-5-3-1-2-4-9-17-36-22-30(40)27-13-15-29(39)33-28(27)14-16-31(41)37-33/h6-8,11-16,19-21,30,32,36,38-40H,1-5,9-10,17-18,22H2,(H,37,41)(H,42,43). The van der Waals surface area contributed by atoms with Crippen LogP contribution >= 0.6 is 15.9 Å². The summed E-state index contributed by atoms with van der Waals surface area (Å²) in [6.45, 7) is 1.79. The number of aromatic amines is 1. The number of H-pyrrole nitrogens is 1. The van der Waals surface area contributed by atoms with E-state index in [-0.39, 0.29) is 11.3 Å². The minimum Gasteiger partial charge on any atom is -0.506 e. The number of ether oxygens (including phenoxy) is 1. The first-order valence-corrected chi connectivity index (χ1v) is 15.8. The molecule has 0 aliphatic carbocycles. The van der Waals surface area contributed by atoms with Crippen LogP contribution in [-0.4, -0.2) is 46.1 Å². The number of unbranched alkanes of at least 4 members (excludes halogenated alkanes) is 6. The molecule has 6 N–H and O–H groups in total. The second-order valence-corrected chi connectivity index (χ2v) is 11.8. The third-order valence-electron chi connectivity index (χ3n) is 7.50. The second-order valence-electron chi connectivity index (χ2n) is 10.8. The number of aromatic hydroxyl groups is 1. The highest BCUT2D eigenvalue weighted by atomic mass is 79.9. The number of aliphatic hydroxyl groups excluding tert-OH is 1. The maximum Gasteiger partial charge on any atom is 0.405 e. The van der Waals surface area contributed by atoms with Gasteiger partial charge < -0.3 is 35.7 Å². The summed E-state index contributed by atoms with van der Waals surface area (Å²) in [5, 5.41) is 36.6. The Labute approximate surface area is 265 Å². The van der Waals surface area contributed by atoms with Crippen molar-refractivity contribution in [2.45, 2.75) is 57.1 Å². The van der Waals surface area contributed by atoms with Crippen molar-refractivity contribution in [1.29, 1.82) is 0 Å². The number of carboxylic acid groups (broad SMARTS) is 1. The van der Waals surface area contributed by atoms with Crippen LogP contribution in [0.2, 0.25) is 0 Å². The summed E-state index contributed by atoms with van der Waals surface area (Å²) < 4.78 is 6.84. The zero-order chi connectivity index (χ0) is 31.3. The van der Waals surface area contributed by atoms with Crippen molar-refractivity contribution in [3.63, 3.8) is 0 Å². The maximum absolute atomic E-state index is 11.6. The first-order valence-electron chi connectivity index (χ1n) is 15.0. The summed E-state index contributed by atoms with van der Waals surface area (Å²) in [7, 11) is 0. The number of amides is 1. The summed E-state index contributed by atoms with van der Waals surface area (Å²) >= 11 is 3.53. The lowest BCUT2D eigenvalue weighted by atomic mass is 9.98. The van der Waals surface area contributed by atoms with E-state index in [0.29, 0.717) is 35.4 Å². The van der Waals surface area contributed by atoms with Crippen molar-refractivity contribution in [2.75, 3.05) is 19.7 Å². The molecule has 9 nitrogen and oxygen atoms in total. The molecule has 0 saturated heterocycles. The van der Waals surface area contributed by atoms with Gasteiger partial charge in [0.2, 0.25) is 5.56 Å². The Morgan fingerprint density at radius 2 is 1.61 bits per heavy atom. The summed E-state index contributed by atoms with van der Waals surface area (Å²) in [5.74, 6) is 0.686. The van der Waals surface area contributed by atoms with Gasteiger partial charge in [-0.3, -0.25) is 4.79 Å². The Morgan fingerprint density at radius 1 is 0.886 bits per heavy atom. The number of hydrogen-bond acceptors (Lipinski definition) is 6. The molecule has 1 amide bonds. The number of halogens is 1. The maximum atomic E-state index is 11.6. The zero-order valence-corrected chi connectivity index (χ0v) is 26.2. The van der Waals surface area contributed by atoms with Gasteiger partial charge in [0.1, 0.15) is 11.5 Å². The quantitative estimate of drug-likeness (QED) is 0.0682. The van der Waals surface area contributed by atoms with Gasteiger partial charge in [-0.05, 0) is 66.4 Å². The fourth-order valence-electron chi connectivity index (χ4n) is 5.29. The van der Waals surface area contributed by atoms with E-state index in [2.05, 4.69) is 31.5 Å². The third-order valence-corrected chi connectivity index (χ3v) is 7.96. The molecule has 0 saturated carbocycles. The number of phenolic OH excluding ortho intramolecular Hbond substituents is 1. The number of rotatable bonds is 17. The molecule has 0 radical (unpaired) electrons. The van der Waals surface area contributed by atoms with Gasteiger partial charge in [0.25, 0.3) is 0 Å². The van der Waals surface area contributed by atoms with Crippen molar-refractivity contribution >= 4 is 32.9 Å². The topological polar surface area (TPSA) is 144 Å². The third kappa shape index (κ3) is 9.83. The molecule has 4 rings (SSSR count). The molecule has 1 aromatic heterocycles. The Kier molecular flexibility index (Phi) is 12.6. The molecule has 2 atom stereocenters. The molecule has 0 aliphatic heterocycles. The Hall–Kier alpha value is -3.86. The van der Waals surface area contributed by atoms with Crippen molar-refractivity contribution < 1.29 is 24.9 Å². The van der Waals surface area contributed by atoms with Gasteiger partial charge in [0, 0.05) is 22.5 Å². The van der Waals surface area contributed by atoms with E-state index in [4.69, 9.17) is 4.74 Å². The Balaban J connectivity index is 1.09. The lowest BCUT2D eigenvalue weighted by Gasteiger charge is -2.19. The van der Waals surface area contributed by atoms with Crippen molar-refractivity contribution in [3.05, 3.63) is 104 Å². The molecule has 0 aliphatic rings. The number of carbonyl (C=O) groups is 1. The smallest absolute Gasteiger partial charge is 0.405 e. The fourth-order valence-corrected chi connectivity index (χ4v) is 5.78. The molecule has 234 valence electrons. The van der Waals surface area contributed by atoms with E-state index >= 15 is 0 Å². The number of pyridine rings is 1. The molecular weight excluding hydrogens is 626 g/mol. The zero-order valence-electron chi connectivity index (χ0n) is 24.6. The molecule has 3 aromatic carbocycles. The Bertz CT molecular complexity index is 1560. The Morgan fingerprint density at radius 3 is 2.36 bits per heavy atom. The van der Waals surface area contributed by atoms with E-state index in [1.165, 1.54) is 12.1 Å². The molecule has 0 fully saturated rings. The monoisotopic (exact) mass is 665 g/mol. The van der Waals surface area contributed by atoms with Crippen molar-refractivity contribution in [1.82, 2.24) is 15.6 Å². The minimum absolute atomic E-state index is 0.0166. The lowest BCUT2D eigenvalue weighted by Crippen LogP contribution is -2.27. The van der Waals surface area contributed by atoms with Crippen LogP contribution in [0.1, 0.15) is 73.8 Å². The highest BCUT2D eigenvalue weighted by molar-refractivity contribution is 9.10. The molecule has 44 heavy (non-hydrogen) atoms. The van der Waals surface area contributed by atoms with Gasteiger partial charge in [-0.1, -0.05) is 84.4 Å². The highest BCUT2D eigenvalue weighted by Gasteiger charge is 2.18. The van der Waals surface area contributed by atoms with Crippen molar-refractivity contribution in [2.24, 2.45) is 0 Å². The number of benzene rings is 3. The first-order chi connectivity index (χ1) is 21.3. The summed E-state index contributed by atoms with van der Waals surface area (Å²) in [4.78, 5) is 25.7. The van der Waals surface area contributed by atoms with Crippen LogP contribution in [0, 0.1) is 0 Å². The van der Waals surface area contributed by atoms with E-state index in [1.54, 1.807) is 12.1 Å². The molecule has 4 aromatic rings. The summed E-state index contributed by atoms with van der Waals surface area (Å²) in [5.41, 5.74) is 2.36. The number of aromatic nitrogens is 1. The SMILES string of the molecule is O=C(O)NC(c1ccccc1)c1cc(Br)cc(OCCCCCCCCCNCC(O)c2ccc(O)c3[nH]c(=O)ccc23)c1. The fraction of sp³-hybridized carbons (Fsp3) is 0.353. The van der Waals surface area contributed by atoms with Gasteiger partial charge in [0.15, 0.2) is 0 Å². The number of phenols is 1. The van der Waals surface area contributed by atoms with Crippen LogP contribution in [0.3, 0.4) is 0 Å². The number of hydrogen-bond donors (Lipinski definition) is 6. The van der Waals surface area contributed by atoms with Crippen LogP contribution in [0.4, 0.5) is 4.79 Å². The first kappa shape index (κ1) is 33.0. The predicted octanol–water partition coefficient (Wildman–Crippen LogP) is 6.79. The van der Waals surface area contributed by atoms with Crippen LogP contribution in [0.5, 0.6) is 11.5 Å². The molecule has 0 bridgehead atoms. The highest BCUT2D eigenvalue weighted by Crippen LogP contribution is 2.30. The largest absolute Gasteiger partial charge is 0.506 e. The van der Waals surface area contributed by atoms with E-state index < -0.39 is 18.2 Å². The summed E-state index contributed by atoms with van der Waals surface area (Å²) in [6.07, 6.45) is 5.74. The number of fused-ring (bicyclic) bond motifs is 1. The minimum atomic E-state index is -1.09. The van der Waals surface area contributed by atoms with Gasteiger partial charge in [-0.25, -0.2) is 4.79 Å². The molecule has 2 unspecified atom stereocenters. The van der Waals surface area contributed by atoms with E-state index in [1.807, 2.05) is 48.5 Å².